The highest BCUT2D eigenvalue weighted by atomic mass is 16.6. The van der Waals surface area contributed by atoms with Crippen LogP contribution in [0.5, 0.6) is 5.75 Å². The van der Waals surface area contributed by atoms with Gasteiger partial charge in [-0.25, -0.2) is 9.78 Å². The zero-order valence-electron chi connectivity index (χ0n) is 17.3. The third kappa shape index (κ3) is 5.97. The van der Waals surface area contributed by atoms with Crippen LogP contribution in [0.3, 0.4) is 0 Å². The van der Waals surface area contributed by atoms with Crippen molar-refractivity contribution in [2.24, 2.45) is 0 Å². The molecular formula is C21H29N5O3. The van der Waals surface area contributed by atoms with Gasteiger partial charge >= 0.3 is 6.09 Å². The summed E-state index contributed by atoms with van der Waals surface area (Å²) in [5.41, 5.74) is 2.01. The Morgan fingerprint density at radius 3 is 2.59 bits per heavy atom. The van der Waals surface area contributed by atoms with Gasteiger partial charge in [-0.05, 0) is 44.4 Å². The van der Waals surface area contributed by atoms with Crippen molar-refractivity contribution in [2.75, 3.05) is 37.4 Å². The molecule has 1 aromatic heterocycles. The van der Waals surface area contributed by atoms with Gasteiger partial charge in [-0.2, -0.15) is 4.98 Å². The number of aromatic nitrogens is 2. The normalized spacial score (nSPS) is 14.4. The summed E-state index contributed by atoms with van der Waals surface area (Å²) in [6.07, 6.45) is 1.49. The standard InChI is InChI=1S/C21H29N5O3/c1-4-29-21(27)26-11-9-17(10-12-26)24-19-13-15(2)23-20(25-19)22-14-16-5-7-18(28-3)8-6-16/h5-8,13,17H,4,9-12,14H2,1-3H3,(H2,22,23,24,25). The minimum Gasteiger partial charge on any atom is -0.497 e. The molecule has 0 atom stereocenters. The Hall–Kier alpha value is -3.03. The molecule has 1 fully saturated rings. The zero-order valence-corrected chi connectivity index (χ0v) is 17.3. The van der Waals surface area contributed by atoms with Crippen molar-refractivity contribution < 1.29 is 14.3 Å². The first-order valence-corrected chi connectivity index (χ1v) is 9.98. The number of nitrogens with zero attached hydrogens (tertiary/aromatic N) is 3. The van der Waals surface area contributed by atoms with Gasteiger partial charge in [-0.1, -0.05) is 12.1 Å². The van der Waals surface area contributed by atoms with E-state index in [1.165, 1.54) is 0 Å². The van der Waals surface area contributed by atoms with Crippen LogP contribution in [0.15, 0.2) is 30.3 Å². The highest BCUT2D eigenvalue weighted by Gasteiger charge is 2.23. The van der Waals surface area contributed by atoms with E-state index in [0.717, 1.165) is 35.7 Å². The van der Waals surface area contributed by atoms with Crippen molar-refractivity contribution in [3.8, 4) is 5.75 Å². The predicted octanol–water partition coefficient (Wildman–Crippen LogP) is 3.44. The number of carbonyl (C=O) groups excluding carboxylic acids is 1. The van der Waals surface area contributed by atoms with Gasteiger partial charge in [0.2, 0.25) is 5.95 Å². The molecule has 2 heterocycles. The van der Waals surface area contributed by atoms with E-state index in [9.17, 15) is 4.79 Å². The Morgan fingerprint density at radius 1 is 1.21 bits per heavy atom. The van der Waals surface area contributed by atoms with Gasteiger partial charge in [0, 0.05) is 37.4 Å². The molecule has 0 unspecified atom stereocenters. The molecule has 1 aromatic carbocycles. The second-order valence-corrected chi connectivity index (χ2v) is 7.02. The van der Waals surface area contributed by atoms with E-state index in [1.54, 1.807) is 12.0 Å². The lowest BCUT2D eigenvalue weighted by Gasteiger charge is -2.31. The first-order chi connectivity index (χ1) is 14.1. The minimum absolute atomic E-state index is 0.228. The molecule has 0 bridgehead atoms. The molecule has 0 saturated carbocycles. The number of carbonyl (C=O) groups is 1. The van der Waals surface area contributed by atoms with Crippen molar-refractivity contribution in [2.45, 2.75) is 39.3 Å². The molecule has 1 saturated heterocycles. The fourth-order valence-corrected chi connectivity index (χ4v) is 3.28. The van der Waals surface area contributed by atoms with E-state index < -0.39 is 0 Å². The molecule has 0 aliphatic carbocycles. The van der Waals surface area contributed by atoms with Gasteiger partial charge < -0.3 is 25.0 Å². The second-order valence-electron chi connectivity index (χ2n) is 7.02. The van der Waals surface area contributed by atoms with Gasteiger partial charge in [0.25, 0.3) is 0 Å². The maximum Gasteiger partial charge on any atom is 0.409 e. The summed E-state index contributed by atoms with van der Waals surface area (Å²) in [5, 5.41) is 6.76. The molecule has 1 aliphatic heterocycles. The first kappa shape index (κ1) is 20.7. The monoisotopic (exact) mass is 399 g/mol. The molecule has 1 amide bonds. The fourth-order valence-electron chi connectivity index (χ4n) is 3.28. The Balaban J connectivity index is 1.54. The maximum atomic E-state index is 11.8. The molecule has 2 N–H and O–H groups in total. The summed E-state index contributed by atoms with van der Waals surface area (Å²) in [4.78, 5) is 22.7. The summed E-state index contributed by atoms with van der Waals surface area (Å²) < 4.78 is 10.3. The summed E-state index contributed by atoms with van der Waals surface area (Å²) in [5.74, 6) is 2.22. The Bertz CT molecular complexity index is 804. The van der Waals surface area contributed by atoms with Crippen molar-refractivity contribution in [1.29, 1.82) is 0 Å². The SMILES string of the molecule is CCOC(=O)N1CCC(Nc2cc(C)nc(NCc3ccc(OC)cc3)n2)CC1. The molecule has 3 rings (SSSR count). The number of hydrogen-bond donors (Lipinski definition) is 2. The molecular weight excluding hydrogens is 370 g/mol. The fraction of sp³-hybridized carbons (Fsp3) is 0.476. The maximum absolute atomic E-state index is 11.8. The van der Waals surface area contributed by atoms with E-state index in [4.69, 9.17) is 9.47 Å². The summed E-state index contributed by atoms with van der Waals surface area (Å²) in [6, 6.07) is 10.1. The van der Waals surface area contributed by atoms with Crippen LogP contribution in [-0.2, 0) is 11.3 Å². The van der Waals surface area contributed by atoms with Crippen LogP contribution in [0, 0.1) is 6.92 Å². The molecule has 0 spiro atoms. The van der Waals surface area contributed by atoms with E-state index in [-0.39, 0.29) is 12.1 Å². The van der Waals surface area contributed by atoms with E-state index >= 15 is 0 Å². The lowest BCUT2D eigenvalue weighted by atomic mass is 10.1. The predicted molar refractivity (Wildman–Crippen MR) is 112 cm³/mol. The van der Waals surface area contributed by atoms with Crippen LogP contribution in [0.4, 0.5) is 16.6 Å². The van der Waals surface area contributed by atoms with Crippen molar-refractivity contribution in [3.63, 3.8) is 0 Å². The lowest BCUT2D eigenvalue weighted by molar-refractivity contribution is 0.0983. The van der Waals surface area contributed by atoms with Crippen LogP contribution in [0.25, 0.3) is 0 Å². The zero-order chi connectivity index (χ0) is 20.6. The van der Waals surface area contributed by atoms with Gasteiger partial charge in [-0.15, -0.1) is 0 Å². The molecule has 0 radical (unpaired) electrons. The smallest absolute Gasteiger partial charge is 0.409 e. The molecule has 156 valence electrons. The van der Waals surface area contributed by atoms with Crippen LogP contribution >= 0.6 is 0 Å². The van der Waals surface area contributed by atoms with E-state index in [0.29, 0.717) is 32.2 Å². The van der Waals surface area contributed by atoms with Crippen LogP contribution in [0.2, 0.25) is 0 Å². The van der Waals surface area contributed by atoms with Crippen LogP contribution < -0.4 is 15.4 Å². The average Bonchev–Trinajstić information content (AvgIpc) is 2.73. The largest absolute Gasteiger partial charge is 0.497 e. The van der Waals surface area contributed by atoms with Crippen LogP contribution in [0.1, 0.15) is 31.0 Å². The lowest BCUT2D eigenvalue weighted by Crippen LogP contribution is -2.42. The van der Waals surface area contributed by atoms with E-state index in [1.807, 2.05) is 44.2 Å². The number of aryl methyl sites for hydroxylation is 1. The molecule has 2 aromatic rings. The van der Waals surface area contributed by atoms with Gasteiger partial charge in [0.1, 0.15) is 11.6 Å². The third-order valence-corrected chi connectivity index (χ3v) is 4.84. The van der Waals surface area contributed by atoms with Gasteiger partial charge in [0.15, 0.2) is 0 Å². The molecule has 29 heavy (non-hydrogen) atoms. The number of nitrogens with one attached hydrogen (secondary N) is 2. The molecule has 1 aliphatic rings. The number of amides is 1. The summed E-state index contributed by atoms with van der Waals surface area (Å²) in [7, 11) is 1.66. The first-order valence-electron chi connectivity index (χ1n) is 9.98. The summed E-state index contributed by atoms with van der Waals surface area (Å²) >= 11 is 0. The van der Waals surface area contributed by atoms with Gasteiger partial charge in [-0.3, -0.25) is 0 Å². The highest BCUT2D eigenvalue weighted by Crippen LogP contribution is 2.18. The quantitative estimate of drug-likeness (QED) is 0.737. The number of hydrogen-bond acceptors (Lipinski definition) is 7. The van der Waals surface area contributed by atoms with Crippen LogP contribution in [-0.4, -0.2) is 53.8 Å². The number of rotatable bonds is 7. The third-order valence-electron chi connectivity index (χ3n) is 4.84. The Labute approximate surface area is 171 Å². The number of anilines is 2. The van der Waals surface area contributed by atoms with Gasteiger partial charge in [0.05, 0.1) is 13.7 Å². The number of benzene rings is 1. The average molecular weight is 399 g/mol. The molecule has 8 nitrogen and oxygen atoms in total. The summed E-state index contributed by atoms with van der Waals surface area (Å²) in [6.45, 7) is 6.18. The second kappa shape index (κ2) is 9.95. The van der Waals surface area contributed by atoms with E-state index in [2.05, 4.69) is 20.6 Å². The minimum atomic E-state index is -0.228. The number of methoxy groups -OCH3 is 1. The number of likely N-dealkylation sites (tertiary alicyclic amines) is 1. The Morgan fingerprint density at radius 2 is 1.93 bits per heavy atom. The topological polar surface area (TPSA) is 88.6 Å². The molecule has 8 heteroatoms. The van der Waals surface area contributed by atoms with Crippen molar-refractivity contribution in [3.05, 3.63) is 41.6 Å². The number of piperidine rings is 1. The Kier molecular flexibility index (Phi) is 7.10. The highest BCUT2D eigenvalue weighted by molar-refractivity contribution is 5.67. The number of ether oxygens (including phenoxy) is 2. The van der Waals surface area contributed by atoms with Crippen molar-refractivity contribution >= 4 is 17.9 Å². The van der Waals surface area contributed by atoms with Crippen molar-refractivity contribution in [1.82, 2.24) is 14.9 Å².